The Balaban J connectivity index is 1.63. The Morgan fingerprint density at radius 3 is 2.96 bits per heavy atom. The average Bonchev–Trinajstić information content (AvgIpc) is 2.95. The Bertz CT molecular complexity index is 666. The number of nitrogens with zero attached hydrogens (tertiary/aromatic N) is 1. The minimum atomic E-state index is 0.00741. The van der Waals surface area contributed by atoms with Crippen LogP contribution in [-0.4, -0.2) is 16.9 Å². The largest absolute Gasteiger partial charge is 0.328 e. The van der Waals surface area contributed by atoms with Gasteiger partial charge in [-0.2, -0.15) is 0 Å². The van der Waals surface area contributed by atoms with Gasteiger partial charge in [-0.25, -0.2) is 4.98 Å². The van der Waals surface area contributed by atoms with Crippen molar-refractivity contribution in [3.05, 3.63) is 46.5 Å². The number of benzene rings is 1. The van der Waals surface area contributed by atoms with Gasteiger partial charge in [-0.1, -0.05) is 30.3 Å². The molecule has 3 N–H and O–H groups in total. The first kappa shape index (κ1) is 16.1. The highest BCUT2D eigenvalue weighted by molar-refractivity contribution is 7.15. The van der Waals surface area contributed by atoms with Crippen LogP contribution in [0.3, 0.4) is 0 Å². The van der Waals surface area contributed by atoms with Gasteiger partial charge in [0.1, 0.15) is 0 Å². The van der Waals surface area contributed by atoms with Crippen LogP contribution in [0, 0.1) is 0 Å². The molecule has 0 aliphatic heterocycles. The molecule has 2 atom stereocenters. The smallest absolute Gasteiger partial charge is 0.226 e. The molecular formula is C18H23N3OS. The molecule has 23 heavy (non-hydrogen) atoms. The molecule has 1 aliphatic rings. The molecule has 0 spiro atoms. The Kier molecular flexibility index (Phi) is 5.08. The minimum absolute atomic E-state index is 0.00741. The quantitative estimate of drug-likeness (QED) is 0.882. The predicted octanol–water partition coefficient (Wildman–Crippen LogP) is 3.48. The molecule has 1 heterocycles. The summed E-state index contributed by atoms with van der Waals surface area (Å²) in [6.45, 7) is 1.92. The second-order valence-corrected chi connectivity index (χ2v) is 7.39. The van der Waals surface area contributed by atoms with Crippen LogP contribution in [0.15, 0.2) is 30.3 Å². The van der Waals surface area contributed by atoms with Crippen molar-refractivity contribution in [2.75, 3.05) is 5.32 Å². The van der Waals surface area contributed by atoms with Crippen molar-refractivity contribution in [3.8, 4) is 0 Å². The number of hydrogen-bond acceptors (Lipinski definition) is 4. The van der Waals surface area contributed by atoms with Gasteiger partial charge in [0.15, 0.2) is 5.13 Å². The Labute approximate surface area is 141 Å². The van der Waals surface area contributed by atoms with E-state index in [2.05, 4.69) is 40.6 Å². The lowest BCUT2D eigenvalue weighted by Crippen LogP contribution is -2.19. The number of aryl methyl sites for hydroxylation is 1. The van der Waals surface area contributed by atoms with Crippen molar-refractivity contribution in [1.29, 1.82) is 0 Å². The van der Waals surface area contributed by atoms with Gasteiger partial charge >= 0.3 is 0 Å². The van der Waals surface area contributed by atoms with E-state index in [1.165, 1.54) is 10.4 Å². The van der Waals surface area contributed by atoms with Gasteiger partial charge in [0.25, 0.3) is 0 Å². The van der Waals surface area contributed by atoms with Gasteiger partial charge in [-0.3, -0.25) is 4.79 Å². The first-order valence-electron chi connectivity index (χ1n) is 8.21. The molecule has 0 radical (unpaired) electrons. The van der Waals surface area contributed by atoms with Crippen molar-refractivity contribution >= 4 is 22.4 Å². The Morgan fingerprint density at radius 1 is 1.43 bits per heavy atom. The normalized spacial score (nSPS) is 18.3. The number of fused-ring (bicyclic) bond motifs is 1. The zero-order chi connectivity index (χ0) is 16.2. The van der Waals surface area contributed by atoms with Crippen molar-refractivity contribution < 1.29 is 4.79 Å². The number of nitrogens with two attached hydrogens (primary N) is 1. The lowest BCUT2D eigenvalue weighted by molar-refractivity contribution is -0.116. The third kappa shape index (κ3) is 4.18. The summed E-state index contributed by atoms with van der Waals surface area (Å²) in [4.78, 5) is 17.8. The molecule has 1 amide bonds. The van der Waals surface area contributed by atoms with E-state index >= 15 is 0 Å². The standard InChI is InChI=1S/C18H23N3OS/c1-12(19)7-10-17(22)21-18-20-15-9-8-14(11-16(15)23-18)13-5-3-2-4-6-13/h2-6,12,14H,7-11,19H2,1H3,(H,20,21,22). The number of hydrogen-bond donors (Lipinski definition) is 2. The number of carbonyl (C=O) groups is 1. The highest BCUT2D eigenvalue weighted by Crippen LogP contribution is 2.36. The highest BCUT2D eigenvalue weighted by Gasteiger charge is 2.24. The van der Waals surface area contributed by atoms with Crippen LogP contribution in [0.25, 0.3) is 0 Å². The number of rotatable bonds is 5. The molecule has 0 fully saturated rings. The van der Waals surface area contributed by atoms with E-state index in [-0.39, 0.29) is 11.9 Å². The van der Waals surface area contributed by atoms with Crippen LogP contribution in [0.5, 0.6) is 0 Å². The Morgan fingerprint density at radius 2 is 2.22 bits per heavy atom. The summed E-state index contributed by atoms with van der Waals surface area (Å²) in [5, 5.41) is 3.66. The van der Waals surface area contributed by atoms with Crippen molar-refractivity contribution in [3.63, 3.8) is 0 Å². The summed E-state index contributed by atoms with van der Waals surface area (Å²) in [6, 6.07) is 10.7. The lowest BCUT2D eigenvalue weighted by Gasteiger charge is -2.21. The topological polar surface area (TPSA) is 68.0 Å². The van der Waals surface area contributed by atoms with E-state index in [4.69, 9.17) is 5.73 Å². The number of anilines is 1. The van der Waals surface area contributed by atoms with Crippen LogP contribution in [0.1, 0.15) is 48.2 Å². The maximum absolute atomic E-state index is 11.9. The third-order valence-electron chi connectivity index (χ3n) is 4.28. The number of thiazole rings is 1. The monoisotopic (exact) mass is 329 g/mol. The zero-order valence-electron chi connectivity index (χ0n) is 13.4. The van der Waals surface area contributed by atoms with Gasteiger partial charge in [0.05, 0.1) is 5.69 Å². The third-order valence-corrected chi connectivity index (χ3v) is 5.32. The van der Waals surface area contributed by atoms with Crippen molar-refractivity contribution in [2.24, 2.45) is 5.73 Å². The number of nitrogens with one attached hydrogen (secondary N) is 1. The van der Waals surface area contributed by atoms with E-state index in [1.807, 2.05) is 6.92 Å². The van der Waals surface area contributed by atoms with Gasteiger partial charge in [0.2, 0.25) is 5.91 Å². The molecule has 0 saturated carbocycles. The van der Waals surface area contributed by atoms with E-state index in [0.29, 0.717) is 18.8 Å². The fraction of sp³-hybridized carbons (Fsp3) is 0.444. The molecule has 122 valence electrons. The maximum atomic E-state index is 11.9. The van der Waals surface area contributed by atoms with Gasteiger partial charge < -0.3 is 11.1 Å². The minimum Gasteiger partial charge on any atom is -0.328 e. The first-order chi connectivity index (χ1) is 11.1. The summed E-state index contributed by atoms with van der Waals surface area (Å²) in [6.07, 6.45) is 4.29. The van der Waals surface area contributed by atoms with Gasteiger partial charge in [-0.15, -0.1) is 11.3 Å². The van der Waals surface area contributed by atoms with E-state index in [1.54, 1.807) is 11.3 Å². The summed E-state index contributed by atoms with van der Waals surface area (Å²) in [7, 11) is 0. The van der Waals surface area contributed by atoms with E-state index in [0.717, 1.165) is 30.1 Å². The zero-order valence-corrected chi connectivity index (χ0v) is 14.2. The first-order valence-corrected chi connectivity index (χ1v) is 9.02. The second kappa shape index (κ2) is 7.23. The second-order valence-electron chi connectivity index (χ2n) is 6.30. The summed E-state index contributed by atoms with van der Waals surface area (Å²) < 4.78 is 0. The highest BCUT2D eigenvalue weighted by atomic mass is 32.1. The molecule has 4 nitrogen and oxygen atoms in total. The molecule has 2 unspecified atom stereocenters. The predicted molar refractivity (Wildman–Crippen MR) is 94.8 cm³/mol. The summed E-state index contributed by atoms with van der Waals surface area (Å²) in [5.41, 5.74) is 8.25. The van der Waals surface area contributed by atoms with Crippen LogP contribution in [0.4, 0.5) is 5.13 Å². The molecule has 0 saturated heterocycles. The molecular weight excluding hydrogens is 306 g/mol. The van der Waals surface area contributed by atoms with Crippen molar-refractivity contribution in [2.45, 2.75) is 51.0 Å². The number of amides is 1. The van der Waals surface area contributed by atoms with Crippen LogP contribution >= 0.6 is 11.3 Å². The molecule has 1 aromatic heterocycles. The van der Waals surface area contributed by atoms with Crippen LogP contribution in [-0.2, 0) is 17.6 Å². The van der Waals surface area contributed by atoms with Crippen LogP contribution in [0.2, 0.25) is 0 Å². The SMILES string of the molecule is CC(N)CCC(=O)Nc1nc2c(s1)CC(c1ccccc1)CC2. The molecule has 5 heteroatoms. The molecule has 0 bridgehead atoms. The molecule has 1 aliphatic carbocycles. The van der Waals surface area contributed by atoms with E-state index in [9.17, 15) is 4.79 Å². The molecule has 2 aromatic rings. The number of aromatic nitrogens is 1. The fourth-order valence-electron chi connectivity index (χ4n) is 2.98. The molecule has 3 rings (SSSR count). The Hall–Kier alpha value is -1.72. The van der Waals surface area contributed by atoms with Gasteiger partial charge in [-0.05, 0) is 44.1 Å². The molecule has 1 aromatic carbocycles. The summed E-state index contributed by atoms with van der Waals surface area (Å²) >= 11 is 1.62. The van der Waals surface area contributed by atoms with Crippen molar-refractivity contribution in [1.82, 2.24) is 4.98 Å². The lowest BCUT2D eigenvalue weighted by atomic mass is 9.85. The summed E-state index contributed by atoms with van der Waals surface area (Å²) in [5.74, 6) is 0.568. The number of carbonyl (C=O) groups excluding carboxylic acids is 1. The fourth-order valence-corrected chi connectivity index (χ4v) is 4.08. The van der Waals surface area contributed by atoms with Gasteiger partial charge in [0, 0.05) is 17.3 Å². The maximum Gasteiger partial charge on any atom is 0.226 e. The van der Waals surface area contributed by atoms with E-state index < -0.39 is 0 Å². The van der Waals surface area contributed by atoms with Crippen LogP contribution < -0.4 is 11.1 Å². The average molecular weight is 329 g/mol.